The van der Waals surface area contributed by atoms with Crippen molar-refractivity contribution < 1.29 is 13.2 Å². The van der Waals surface area contributed by atoms with E-state index in [1.165, 1.54) is 11.6 Å². The van der Waals surface area contributed by atoms with Gasteiger partial charge in [-0.25, -0.2) is 0 Å². The molecule has 0 atom stereocenters. The Morgan fingerprint density at radius 3 is 1.49 bits per heavy atom. The van der Waals surface area contributed by atoms with Crippen molar-refractivity contribution in [3.05, 3.63) is 130 Å². The Morgan fingerprint density at radius 2 is 0.971 bits per heavy atom. The van der Waals surface area contributed by atoms with E-state index < -0.39 is 11.7 Å². The summed E-state index contributed by atoms with van der Waals surface area (Å²) in [5, 5.41) is 4.26. The van der Waals surface area contributed by atoms with Gasteiger partial charge >= 0.3 is 6.18 Å². The summed E-state index contributed by atoms with van der Waals surface area (Å²) < 4.78 is 38.8. The minimum absolute atomic E-state index is 0.331. The van der Waals surface area contributed by atoms with Gasteiger partial charge in [0.2, 0.25) is 0 Å². The summed E-state index contributed by atoms with van der Waals surface area (Å²) in [6.45, 7) is 2.05. The third-order valence-electron chi connectivity index (χ3n) is 5.71. The van der Waals surface area contributed by atoms with Gasteiger partial charge in [-0.2, -0.15) is 13.2 Å². The quantitative estimate of drug-likeness (QED) is 0.162. The van der Waals surface area contributed by atoms with Crippen molar-refractivity contribution in [2.24, 2.45) is 0 Å². The Morgan fingerprint density at radius 1 is 0.486 bits per heavy atom. The van der Waals surface area contributed by atoms with E-state index in [1.54, 1.807) is 6.07 Å². The maximum Gasteiger partial charge on any atom is 0.416 e. The molecule has 168 valence electrons. The summed E-state index contributed by atoms with van der Waals surface area (Å²) in [4.78, 5) is 0. The van der Waals surface area contributed by atoms with Crippen LogP contribution in [-0.4, -0.2) is 0 Å². The molecule has 0 fully saturated rings. The molecule has 0 saturated heterocycles. The monoisotopic (exact) mass is 460 g/mol. The van der Waals surface area contributed by atoms with Gasteiger partial charge < -0.3 is 0 Å². The summed E-state index contributed by atoms with van der Waals surface area (Å²) in [7, 11) is 0. The van der Waals surface area contributed by atoms with Crippen LogP contribution in [0.25, 0.3) is 21.5 Å². The van der Waals surface area contributed by atoms with Gasteiger partial charge in [-0.1, -0.05) is 54.0 Å². The van der Waals surface area contributed by atoms with Gasteiger partial charge in [0.1, 0.15) is 0 Å². The van der Waals surface area contributed by atoms with Gasteiger partial charge in [0, 0.05) is 22.3 Å². The van der Waals surface area contributed by atoms with E-state index in [1.807, 2.05) is 36.4 Å². The van der Waals surface area contributed by atoms with Crippen LogP contribution in [0.15, 0.2) is 97.1 Å². The smallest absolute Gasteiger partial charge is 0.166 e. The van der Waals surface area contributed by atoms with Crippen molar-refractivity contribution >= 4 is 21.5 Å². The highest BCUT2D eigenvalue weighted by Crippen LogP contribution is 2.29. The average Bonchev–Trinajstić information content (AvgIpc) is 2.84. The fourth-order valence-electron chi connectivity index (χ4n) is 3.94. The van der Waals surface area contributed by atoms with Crippen LogP contribution in [-0.2, 0) is 6.18 Å². The molecule has 5 rings (SSSR count). The Hall–Kier alpha value is -4.47. The third kappa shape index (κ3) is 5.21. The van der Waals surface area contributed by atoms with Gasteiger partial charge in [-0.3, -0.25) is 0 Å². The van der Waals surface area contributed by atoms with Crippen LogP contribution in [0, 0.1) is 30.6 Å². The van der Waals surface area contributed by atoms with Gasteiger partial charge in [0.15, 0.2) is 0 Å². The van der Waals surface area contributed by atoms with Crippen molar-refractivity contribution in [1.82, 2.24) is 0 Å². The lowest BCUT2D eigenvalue weighted by Crippen LogP contribution is -2.04. The number of hydrogen-bond acceptors (Lipinski definition) is 0. The maximum absolute atomic E-state index is 12.9. The van der Waals surface area contributed by atoms with E-state index in [2.05, 4.69) is 67.0 Å². The van der Waals surface area contributed by atoms with Crippen LogP contribution >= 0.6 is 0 Å². The molecule has 0 aliphatic heterocycles. The molecule has 35 heavy (non-hydrogen) atoms. The molecule has 0 saturated carbocycles. The molecular weight excluding hydrogens is 441 g/mol. The summed E-state index contributed by atoms with van der Waals surface area (Å²) in [6.07, 6.45) is -4.38. The van der Waals surface area contributed by atoms with Crippen molar-refractivity contribution in [3.8, 4) is 23.7 Å². The van der Waals surface area contributed by atoms with E-state index in [0.717, 1.165) is 50.4 Å². The first kappa shape index (κ1) is 22.3. The first-order valence-electron chi connectivity index (χ1n) is 11.1. The first-order chi connectivity index (χ1) is 16.8. The molecular formula is C32H19F3. The van der Waals surface area contributed by atoms with Crippen LogP contribution in [0.4, 0.5) is 13.2 Å². The molecule has 3 heteroatoms. The molecule has 0 bridgehead atoms. The topological polar surface area (TPSA) is 0 Å². The van der Waals surface area contributed by atoms with Crippen LogP contribution in [0.2, 0.25) is 0 Å². The minimum atomic E-state index is -4.38. The highest BCUT2D eigenvalue weighted by atomic mass is 19.4. The summed E-state index contributed by atoms with van der Waals surface area (Å²) in [6, 6.07) is 29.4. The number of alkyl halides is 3. The third-order valence-corrected chi connectivity index (χ3v) is 5.71. The van der Waals surface area contributed by atoms with Crippen LogP contribution in [0.3, 0.4) is 0 Å². The van der Waals surface area contributed by atoms with Gasteiger partial charge in [-0.15, -0.1) is 0 Å². The summed E-state index contributed by atoms with van der Waals surface area (Å²) in [5.74, 6) is 12.3. The highest BCUT2D eigenvalue weighted by Gasteiger charge is 2.30. The second-order valence-electron chi connectivity index (χ2n) is 8.42. The fourth-order valence-corrected chi connectivity index (χ4v) is 3.94. The molecule has 5 aromatic rings. The van der Waals surface area contributed by atoms with Gasteiger partial charge in [0.05, 0.1) is 5.56 Å². The van der Waals surface area contributed by atoms with E-state index in [-0.39, 0.29) is 0 Å². The molecule has 0 N–H and O–H groups in total. The summed E-state index contributed by atoms with van der Waals surface area (Å²) >= 11 is 0. The molecule has 0 aliphatic rings. The fraction of sp³-hybridized carbons (Fsp3) is 0.0625. The maximum atomic E-state index is 12.9. The van der Waals surface area contributed by atoms with Gasteiger partial charge in [0.25, 0.3) is 0 Å². The number of hydrogen-bond donors (Lipinski definition) is 0. The number of aryl methyl sites for hydroxylation is 1. The van der Waals surface area contributed by atoms with Crippen molar-refractivity contribution in [2.45, 2.75) is 13.1 Å². The van der Waals surface area contributed by atoms with Crippen molar-refractivity contribution in [3.63, 3.8) is 0 Å². The lowest BCUT2D eigenvalue weighted by Gasteiger charge is -2.06. The molecule has 0 spiro atoms. The lowest BCUT2D eigenvalue weighted by atomic mass is 10.00. The number of halogens is 3. The number of benzene rings is 5. The second-order valence-corrected chi connectivity index (χ2v) is 8.42. The highest BCUT2D eigenvalue weighted by molar-refractivity contribution is 5.99. The van der Waals surface area contributed by atoms with E-state index in [4.69, 9.17) is 0 Å². The molecule has 0 amide bonds. The Bertz CT molecular complexity index is 1700. The van der Waals surface area contributed by atoms with E-state index >= 15 is 0 Å². The molecule has 0 radical (unpaired) electrons. The zero-order valence-electron chi connectivity index (χ0n) is 18.9. The lowest BCUT2D eigenvalue weighted by molar-refractivity contribution is -0.137. The van der Waals surface area contributed by atoms with Crippen LogP contribution in [0.1, 0.15) is 33.4 Å². The minimum Gasteiger partial charge on any atom is -0.166 e. The Kier molecular flexibility index (Phi) is 5.77. The zero-order valence-corrected chi connectivity index (χ0v) is 18.9. The Balaban J connectivity index is 1.44. The van der Waals surface area contributed by atoms with Crippen LogP contribution < -0.4 is 0 Å². The SMILES string of the molecule is Cc1cccc(C#Cc2ccc3cc4cc(C#Cc5cccc(C(F)(F)F)c5)ccc4cc3c2)c1. The zero-order chi connectivity index (χ0) is 24.4. The van der Waals surface area contributed by atoms with E-state index in [9.17, 15) is 13.2 Å². The molecule has 5 aromatic carbocycles. The standard InChI is InChI=1S/C32H19F3/c1-22-4-2-5-23(16-22)8-10-25-12-14-27-21-30-18-26(13-15-28(30)20-29(27)17-25)11-9-24-6-3-7-31(19-24)32(33,34)35/h2-7,12-21H,1H3. The largest absolute Gasteiger partial charge is 0.416 e. The molecule has 0 heterocycles. The molecule has 0 nitrogen and oxygen atoms in total. The average molecular weight is 460 g/mol. The van der Waals surface area contributed by atoms with Crippen LogP contribution in [0.5, 0.6) is 0 Å². The molecule has 0 aromatic heterocycles. The summed E-state index contributed by atoms with van der Waals surface area (Å²) in [5.41, 5.74) is 3.50. The second kappa shape index (κ2) is 9.05. The van der Waals surface area contributed by atoms with Crippen molar-refractivity contribution in [2.75, 3.05) is 0 Å². The van der Waals surface area contributed by atoms with E-state index in [0.29, 0.717) is 5.56 Å². The van der Waals surface area contributed by atoms with Crippen molar-refractivity contribution in [1.29, 1.82) is 0 Å². The normalized spacial score (nSPS) is 11.0. The Labute approximate surface area is 202 Å². The number of fused-ring (bicyclic) bond motifs is 2. The number of rotatable bonds is 0. The predicted octanol–water partition coefficient (Wildman–Crippen LogP) is 8.12. The molecule has 0 unspecified atom stereocenters. The predicted molar refractivity (Wildman–Crippen MR) is 136 cm³/mol. The molecule has 0 aliphatic carbocycles. The van der Waals surface area contributed by atoms with Gasteiger partial charge in [-0.05, 0) is 101 Å². The first-order valence-corrected chi connectivity index (χ1v) is 11.1.